The van der Waals surface area contributed by atoms with Crippen molar-refractivity contribution in [3.05, 3.63) is 0 Å². The zero-order chi connectivity index (χ0) is 15.0. The van der Waals surface area contributed by atoms with E-state index < -0.39 is 5.97 Å². The number of carboxylic acids is 1. The standard InChI is InChI=1S/C4H8O2.2C4H10.C3H8/c1-3(2)4(5)6;2*1-4(2)3;1-3-2/h3H,1-2H3,(H,5,6);2*4H,1-3H3;3H2,1-2H3/p-1. The molecule has 2 nitrogen and oxygen atoms in total. The molecule has 0 aliphatic carbocycles. The number of aliphatic carboxylic acids is 1. The summed E-state index contributed by atoms with van der Waals surface area (Å²) in [4.78, 5) is 9.59. The molecule has 0 fully saturated rings. The maximum absolute atomic E-state index is 9.59. The first-order chi connectivity index (χ1) is 7.52. The lowest BCUT2D eigenvalue weighted by atomic mass is 10.2. The van der Waals surface area contributed by atoms with Crippen molar-refractivity contribution in [2.75, 3.05) is 0 Å². The smallest absolute Gasteiger partial charge is 0.0439 e. The van der Waals surface area contributed by atoms with E-state index in [2.05, 4.69) is 55.4 Å². The third-order valence-electron chi connectivity index (χ3n) is 0.471. The number of hydrogen-bond acceptors (Lipinski definition) is 2. The Kier molecular flexibility index (Phi) is 31.1. The molecule has 0 atom stereocenters. The van der Waals surface area contributed by atoms with Gasteiger partial charge in [0.05, 0.1) is 0 Å². The Balaban J connectivity index is -0.0000000688. The molecule has 0 aliphatic rings. The van der Waals surface area contributed by atoms with Crippen LogP contribution in [0.2, 0.25) is 0 Å². The number of carbonyl (C=O) groups is 1. The molecule has 0 unspecified atom stereocenters. The Hall–Kier alpha value is -0.530. The lowest BCUT2D eigenvalue weighted by molar-refractivity contribution is -0.310. The van der Waals surface area contributed by atoms with Crippen molar-refractivity contribution in [3.8, 4) is 0 Å². The minimum atomic E-state index is -0.991. The van der Waals surface area contributed by atoms with Crippen molar-refractivity contribution in [2.24, 2.45) is 17.8 Å². The molecule has 0 N–H and O–H groups in total. The minimum Gasteiger partial charge on any atom is -0.550 e. The van der Waals surface area contributed by atoms with E-state index in [4.69, 9.17) is 0 Å². The Morgan fingerprint density at radius 2 is 0.882 bits per heavy atom. The molecular formula is C15H35O2-. The molecule has 0 saturated carbocycles. The summed E-state index contributed by atoms with van der Waals surface area (Å²) in [6, 6.07) is 0. The van der Waals surface area contributed by atoms with Gasteiger partial charge in [-0.1, -0.05) is 75.7 Å². The molecular weight excluding hydrogens is 212 g/mol. The van der Waals surface area contributed by atoms with E-state index in [1.807, 2.05) is 0 Å². The molecule has 0 bridgehead atoms. The van der Waals surface area contributed by atoms with Crippen LogP contribution in [0, 0.1) is 17.8 Å². The van der Waals surface area contributed by atoms with Gasteiger partial charge in [0.2, 0.25) is 0 Å². The summed E-state index contributed by atoms with van der Waals surface area (Å²) in [7, 11) is 0. The van der Waals surface area contributed by atoms with Gasteiger partial charge in [-0.25, -0.2) is 0 Å². The van der Waals surface area contributed by atoms with Gasteiger partial charge in [-0.05, 0) is 17.8 Å². The summed E-state index contributed by atoms with van der Waals surface area (Å²) < 4.78 is 0. The molecule has 0 saturated heterocycles. The van der Waals surface area contributed by atoms with Crippen LogP contribution in [-0.4, -0.2) is 5.97 Å². The van der Waals surface area contributed by atoms with Crippen molar-refractivity contribution in [1.29, 1.82) is 0 Å². The van der Waals surface area contributed by atoms with Crippen LogP contribution in [0.5, 0.6) is 0 Å². The number of carbonyl (C=O) groups excluding carboxylic acids is 1. The summed E-state index contributed by atoms with van der Waals surface area (Å²) in [5.74, 6) is 0.333. The highest BCUT2D eigenvalue weighted by Gasteiger charge is 1.87. The summed E-state index contributed by atoms with van der Waals surface area (Å²) in [6.07, 6.45) is 1.25. The quantitative estimate of drug-likeness (QED) is 0.699. The highest BCUT2D eigenvalue weighted by molar-refractivity contribution is 5.66. The Morgan fingerprint density at radius 1 is 0.824 bits per heavy atom. The molecule has 0 radical (unpaired) electrons. The second kappa shape index (κ2) is 20.8. The molecule has 0 aromatic rings. The number of hydrogen-bond donors (Lipinski definition) is 0. The van der Waals surface area contributed by atoms with Gasteiger partial charge in [0.1, 0.15) is 0 Å². The van der Waals surface area contributed by atoms with E-state index in [-0.39, 0.29) is 5.92 Å². The van der Waals surface area contributed by atoms with Crippen molar-refractivity contribution in [3.63, 3.8) is 0 Å². The van der Waals surface area contributed by atoms with Crippen LogP contribution in [-0.2, 0) is 4.79 Å². The van der Waals surface area contributed by atoms with Crippen LogP contribution in [0.3, 0.4) is 0 Å². The van der Waals surface area contributed by atoms with Crippen LogP contribution in [0.15, 0.2) is 0 Å². The van der Waals surface area contributed by atoms with Crippen LogP contribution in [0.25, 0.3) is 0 Å². The Labute approximate surface area is 110 Å². The van der Waals surface area contributed by atoms with Gasteiger partial charge in [0, 0.05) is 5.97 Å². The highest BCUT2D eigenvalue weighted by Crippen LogP contribution is 1.84. The molecule has 108 valence electrons. The molecule has 0 spiro atoms. The van der Waals surface area contributed by atoms with E-state index in [0.29, 0.717) is 0 Å². The predicted molar refractivity (Wildman–Crippen MR) is 76.8 cm³/mol. The zero-order valence-corrected chi connectivity index (χ0v) is 13.8. The maximum atomic E-state index is 9.59. The van der Waals surface area contributed by atoms with Gasteiger partial charge in [0.15, 0.2) is 0 Å². The van der Waals surface area contributed by atoms with Gasteiger partial charge in [-0.2, -0.15) is 0 Å². The van der Waals surface area contributed by atoms with E-state index in [9.17, 15) is 9.90 Å². The average molecular weight is 247 g/mol. The zero-order valence-electron chi connectivity index (χ0n) is 13.8. The average Bonchev–Trinajstić information content (AvgIpc) is 2.02. The fourth-order valence-corrected chi connectivity index (χ4v) is 0. The SMILES string of the molecule is CC(C)C.CC(C)C.CC(C)C(=O)[O-].CCC. The van der Waals surface area contributed by atoms with Crippen molar-refractivity contribution in [1.82, 2.24) is 0 Å². The fourth-order valence-electron chi connectivity index (χ4n) is 0. The monoisotopic (exact) mass is 247 g/mol. The van der Waals surface area contributed by atoms with Gasteiger partial charge in [-0.3, -0.25) is 0 Å². The summed E-state index contributed by atoms with van der Waals surface area (Å²) >= 11 is 0. The van der Waals surface area contributed by atoms with Gasteiger partial charge >= 0.3 is 0 Å². The molecule has 0 aromatic carbocycles. The Bertz CT molecular complexity index is 115. The summed E-state index contributed by atoms with van der Waals surface area (Å²) in [6.45, 7) is 20.4. The molecule has 0 aliphatic heterocycles. The normalized spacial score (nSPS) is 8.53. The largest absolute Gasteiger partial charge is 0.550 e. The van der Waals surface area contributed by atoms with Gasteiger partial charge in [-0.15, -0.1) is 0 Å². The molecule has 0 rings (SSSR count). The predicted octanol–water partition coefficient (Wildman–Crippen LogP) is 4.13. The lowest BCUT2D eigenvalue weighted by Gasteiger charge is -2.01. The van der Waals surface area contributed by atoms with E-state index in [1.165, 1.54) is 6.42 Å². The minimum absolute atomic E-state index is 0.343. The second-order valence-corrected chi connectivity index (χ2v) is 5.64. The third kappa shape index (κ3) is 233. The lowest BCUT2D eigenvalue weighted by Crippen LogP contribution is -2.27. The van der Waals surface area contributed by atoms with Crippen molar-refractivity contribution < 1.29 is 9.90 Å². The fraction of sp³-hybridized carbons (Fsp3) is 0.933. The summed E-state index contributed by atoms with van der Waals surface area (Å²) in [5.41, 5.74) is 0. The number of carboxylic acid groups (broad SMARTS) is 1. The number of rotatable bonds is 1. The molecule has 0 amide bonds. The van der Waals surface area contributed by atoms with E-state index in [0.717, 1.165) is 11.8 Å². The highest BCUT2D eigenvalue weighted by atomic mass is 16.4. The molecule has 2 heteroatoms. The first kappa shape index (κ1) is 25.3. The molecule has 0 aromatic heterocycles. The van der Waals surface area contributed by atoms with Crippen molar-refractivity contribution >= 4 is 5.97 Å². The molecule has 0 heterocycles. The topological polar surface area (TPSA) is 40.1 Å². The van der Waals surface area contributed by atoms with E-state index in [1.54, 1.807) is 13.8 Å². The summed E-state index contributed by atoms with van der Waals surface area (Å²) in [5, 5.41) is 9.59. The first-order valence-electron chi connectivity index (χ1n) is 6.73. The van der Waals surface area contributed by atoms with Crippen LogP contribution in [0.4, 0.5) is 0 Å². The van der Waals surface area contributed by atoms with E-state index >= 15 is 0 Å². The van der Waals surface area contributed by atoms with Crippen LogP contribution < -0.4 is 5.11 Å². The Morgan fingerprint density at radius 3 is 0.882 bits per heavy atom. The first-order valence-corrected chi connectivity index (χ1v) is 6.73. The molecule has 17 heavy (non-hydrogen) atoms. The van der Waals surface area contributed by atoms with Crippen molar-refractivity contribution in [2.45, 2.75) is 75.7 Å². The second-order valence-electron chi connectivity index (χ2n) is 5.64. The maximum Gasteiger partial charge on any atom is 0.0439 e. The van der Waals surface area contributed by atoms with Gasteiger partial charge in [0.25, 0.3) is 0 Å². The van der Waals surface area contributed by atoms with Crippen LogP contribution in [0.1, 0.15) is 75.7 Å². The van der Waals surface area contributed by atoms with Crippen LogP contribution >= 0.6 is 0 Å². The third-order valence-corrected chi connectivity index (χ3v) is 0.471. The van der Waals surface area contributed by atoms with Gasteiger partial charge < -0.3 is 9.90 Å².